The summed E-state index contributed by atoms with van der Waals surface area (Å²) in [6.07, 6.45) is 2.34. The summed E-state index contributed by atoms with van der Waals surface area (Å²) in [7, 11) is 0. The molecule has 0 saturated carbocycles. The molecule has 3 aliphatic heterocycles. The zero-order valence-corrected chi connectivity index (χ0v) is 15.6. The molecule has 4 nitrogen and oxygen atoms in total. The fraction of sp³-hybridized carbons (Fsp3) is 0.857. The van der Waals surface area contributed by atoms with Gasteiger partial charge in [-0.1, -0.05) is 5.92 Å². The smallest absolute Gasteiger partial charge is 0.662 e. The van der Waals surface area contributed by atoms with Crippen LogP contribution in [0, 0.1) is 24.7 Å². The molecule has 0 spiro atoms. The second-order valence-corrected chi connectivity index (χ2v) is 6.03. The first-order valence-electron chi connectivity index (χ1n) is 6.69. The van der Waals surface area contributed by atoms with Crippen LogP contribution in [0.5, 0.6) is 0 Å². The molecule has 0 aliphatic carbocycles. The number of rotatable bonds is 2. The summed E-state index contributed by atoms with van der Waals surface area (Å²) >= 11 is 0. The topological polar surface area (TPSA) is 43.6 Å². The third-order valence-corrected chi connectivity index (χ3v) is 4.58. The van der Waals surface area contributed by atoms with Gasteiger partial charge >= 0.3 is 51.4 Å². The maximum absolute atomic E-state index is 12.3. The molecular formula is C14H24KN2O2-. The van der Waals surface area contributed by atoms with Crippen LogP contribution in [-0.2, 0) is 9.53 Å². The molecule has 1 amide bonds. The molecule has 0 aromatic carbocycles. The molecule has 0 bridgehead atoms. The van der Waals surface area contributed by atoms with E-state index >= 15 is 0 Å². The summed E-state index contributed by atoms with van der Waals surface area (Å²) in [4.78, 5) is 14.3. The number of hydrogen-bond acceptors (Lipinski definition) is 2. The predicted octanol–water partition coefficient (Wildman–Crippen LogP) is -1.28. The monoisotopic (exact) mass is 291 g/mol. The first-order chi connectivity index (χ1) is 8.19. The predicted molar refractivity (Wildman–Crippen MR) is 71.2 cm³/mol. The molecule has 3 saturated heterocycles. The SMILES string of the molecule is CC1(C(=O)N2CCC(C3C[N-]C3)CC2)COC1.[CH3-].[K+]. The molecule has 3 heterocycles. The fourth-order valence-electron chi connectivity index (χ4n) is 3.06. The molecule has 0 radical (unpaired) electrons. The molecule has 3 aliphatic rings. The van der Waals surface area contributed by atoms with Crippen molar-refractivity contribution in [1.82, 2.24) is 4.90 Å². The van der Waals surface area contributed by atoms with Crippen LogP contribution in [0.3, 0.4) is 0 Å². The normalized spacial score (nSPS) is 26.5. The van der Waals surface area contributed by atoms with E-state index in [1.165, 1.54) is 12.8 Å². The molecule has 3 fully saturated rings. The average molecular weight is 291 g/mol. The first kappa shape index (κ1) is 18.1. The van der Waals surface area contributed by atoms with Crippen molar-refractivity contribution in [3.05, 3.63) is 12.7 Å². The number of ether oxygens (including phenoxy) is 1. The Kier molecular flexibility index (Phi) is 6.98. The van der Waals surface area contributed by atoms with Gasteiger partial charge in [0.05, 0.1) is 18.6 Å². The van der Waals surface area contributed by atoms with Gasteiger partial charge in [-0.25, -0.2) is 0 Å². The molecule has 5 heteroatoms. The van der Waals surface area contributed by atoms with Crippen LogP contribution in [0.4, 0.5) is 0 Å². The summed E-state index contributed by atoms with van der Waals surface area (Å²) in [5, 5.41) is 4.29. The number of piperidine rings is 1. The van der Waals surface area contributed by atoms with Crippen LogP contribution in [0.1, 0.15) is 19.8 Å². The summed E-state index contributed by atoms with van der Waals surface area (Å²) in [6.45, 7) is 7.23. The van der Waals surface area contributed by atoms with Crippen LogP contribution in [-0.4, -0.2) is 50.2 Å². The maximum Gasteiger partial charge on any atom is 1.00 e. The summed E-state index contributed by atoms with van der Waals surface area (Å²) in [5.41, 5.74) is -0.224. The third kappa shape index (κ3) is 3.62. The summed E-state index contributed by atoms with van der Waals surface area (Å²) in [6, 6.07) is 0. The third-order valence-electron chi connectivity index (χ3n) is 4.58. The Morgan fingerprint density at radius 2 is 1.79 bits per heavy atom. The van der Waals surface area contributed by atoms with E-state index in [4.69, 9.17) is 4.74 Å². The van der Waals surface area contributed by atoms with Crippen molar-refractivity contribution in [3.8, 4) is 0 Å². The van der Waals surface area contributed by atoms with Crippen LogP contribution in [0.2, 0.25) is 0 Å². The minimum absolute atomic E-state index is 0. The Morgan fingerprint density at radius 1 is 1.21 bits per heavy atom. The Morgan fingerprint density at radius 3 is 2.16 bits per heavy atom. The van der Waals surface area contributed by atoms with Crippen molar-refractivity contribution in [2.45, 2.75) is 19.8 Å². The van der Waals surface area contributed by atoms with E-state index < -0.39 is 0 Å². The van der Waals surface area contributed by atoms with Crippen molar-refractivity contribution in [2.75, 3.05) is 39.4 Å². The Hall–Kier alpha value is 1.03. The second kappa shape index (κ2) is 7.34. The van der Waals surface area contributed by atoms with Gasteiger partial charge in [0.2, 0.25) is 5.91 Å². The van der Waals surface area contributed by atoms with Crippen LogP contribution < -0.4 is 51.4 Å². The summed E-state index contributed by atoms with van der Waals surface area (Å²) < 4.78 is 5.18. The van der Waals surface area contributed by atoms with Crippen molar-refractivity contribution in [1.29, 1.82) is 0 Å². The zero-order valence-electron chi connectivity index (χ0n) is 12.5. The Bertz CT molecular complexity index is 309. The molecule has 0 N–H and O–H groups in total. The maximum atomic E-state index is 12.3. The van der Waals surface area contributed by atoms with Crippen LogP contribution in [0.25, 0.3) is 5.32 Å². The Balaban J connectivity index is 0.000000902. The molecule has 104 valence electrons. The van der Waals surface area contributed by atoms with Crippen molar-refractivity contribution < 1.29 is 60.9 Å². The van der Waals surface area contributed by atoms with E-state index in [2.05, 4.69) is 10.2 Å². The molecular weight excluding hydrogens is 267 g/mol. The largest absolute Gasteiger partial charge is 1.00 e. The van der Waals surface area contributed by atoms with Gasteiger partial charge in [0.25, 0.3) is 0 Å². The van der Waals surface area contributed by atoms with E-state index in [0.717, 1.165) is 38.0 Å². The Labute approximate surface area is 159 Å². The van der Waals surface area contributed by atoms with Crippen molar-refractivity contribution in [3.63, 3.8) is 0 Å². The van der Waals surface area contributed by atoms with Gasteiger partial charge in [-0.3, -0.25) is 4.79 Å². The average Bonchev–Trinajstić information content (AvgIpc) is 2.24. The van der Waals surface area contributed by atoms with Gasteiger partial charge in [0.15, 0.2) is 0 Å². The van der Waals surface area contributed by atoms with Gasteiger partial charge in [-0.2, -0.15) is 0 Å². The molecule has 0 unspecified atom stereocenters. The van der Waals surface area contributed by atoms with Gasteiger partial charge in [-0.05, 0) is 25.7 Å². The van der Waals surface area contributed by atoms with E-state index in [0.29, 0.717) is 19.1 Å². The van der Waals surface area contributed by atoms with E-state index in [1.807, 2.05) is 6.92 Å². The number of amides is 1. The zero-order chi connectivity index (χ0) is 11.9. The second-order valence-electron chi connectivity index (χ2n) is 6.03. The number of carbonyl (C=O) groups is 1. The minimum atomic E-state index is -0.224. The standard InChI is InChI=1S/C13H21N2O2.CH3.K/c1-13(8-17-9-13)12(16)15-4-2-10(3-5-15)11-6-14-7-11;;/h10-11H,2-9H2,1H3;1H3;/q2*-1;+1. The van der Waals surface area contributed by atoms with E-state index in [1.54, 1.807) is 0 Å². The first-order valence-corrected chi connectivity index (χ1v) is 6.69. The van der Waals surface area contributed by atoms with Gasteiger partial charge in [0, 0.05) is 13.1 Å². The van der Waals surface area contributed by atoms with Crippen molar-refractivity contribution in [2.24, 2.45) is 17.3 Å². The number of hydrogen-bond donors (Lipinski definition) is 0. The molecule has 0 atom stereocenters. The van der Waals surface area contributed by atoms with E-state index in [-0.39, 0.29) is 64.2 Å². The number of likely N-dealkylation sites (tertiary alicyclic amines) is 1. The van der Waals surface area contributed by atoms with Crippen LogP contribution >= 0.6 is 0 Å². The van der Waals surface area contributed by atoms with Crippen LogP contribution in [0.15, 0.2) is 0 Å². The molecule has 3 rings (SSSR count). The molecule has 0 aromatic heterocycles. The fourth-order valence-corrected chi connectivity index (χ4v) is 3.06. The van der Waals surface area contributed by atoms with Gasteiger partial charge in [-0.15, -0.1) is 13.1 Å². The van der Waals surface area contributed by atoms with Crippen molar-refractivity contribution >= 4 is 5.91 Å². The minimum Gasteiger partial charge on any atom is -0.662 e. The number of carbonyl (C=O) groups excluding carboxylic acids is 1. The summed E-state index contributed by atoms with van der Waals surface area (Å²) in [5.74, 6) is 1.93. The van der Waals surface area contributed by atoms with Gasteiger partial charge < -0.3 is 22.4 Å². The molecule has 19 heavy (non-hydrogen) atoms. The number of nitrogens with zero attached hydrogens (tertiary/aromatic N) is 2. The van der Waals surface area contributed by atoms with E-state index in [9.17, 15) is 4.79 Å². The van der Waals surface area contributed by atoms with Gasteiger partial charge in [0.1, 0.15) is 0 Å². The quantitative estimate of drug-likeness (QED) is 0.470. The molecule has 0 aromatic rings.